The number of allylic oxidation sites excluding steroid dienone is 2. The van der Waals surface area contributed by atoms with Crippen LogP contribution >= 0.6 is 0 Å². The molecule has 0 amide bonds. The third-order valence-corrected chi connectivity index (χ3v) is 19.2. The molecular weight excluding hydrogens is 380 g/mol. The molecule has 3 nitrogen and oxygen atoms in total. The Bertz CT molecular complexity index is 443. The quantitative estimate of drug-likeness (QED) is 0.161. The van der Waals surface area contributed by atoms with Crippen LogP contribution in [0.15, 0.2) is 22.5 Å². The van der Waals surface area contributed by atoms with Crippen LogP contribution in [0.2, 0.25) is 36.3 Å². The van der Waals surface area contributed by atoms with E-state index in [0.717, 1.165) is 12.8 Å². The molecule has 5 heteroatoms. The van der Waals surface area contributed by atoms with E-state index in [1.165, 1.54) is 36.3 Å². The van der Waals surface area contributed by atoms with E-state index in [1.54, 1.807) is 10.4 Å². The summed E-state index contributed by atoms with van der Waals surface area (Å²) in [7, 11) is -2.55. The highest BCUT2D eigenvalue weighted by atomic mass is 28.3. The maximum atomic E-state index is 11.8. The Balaban J connectivity index is 4.32. The van der Waals surface area contributed by atoms with Gasteiger partial charge in [-0.05, 0) is 26.7 Å². The van der Waals surface area contributed by atoms with E-state index >= 15 is 0 Å². The minimum absolute atomic E-state index is 0.407. The largest absolute Gasteiger partial charge is 0.508 e. The molecule has 0 heterocycles. The van der Waals surface area contributed by atoms with Crippen molar-refractivity contribution >= 4 is 22.3 Å². The first-order valence-corrected chi connectivity index (χ1v) is 16.7. The summed E-state index contributed by atoms with van der Waals surface area (Å²) in [6, 6.07) is 7.73. The maximum absolute atomic E-state index is 11.8. The highest BCUT2D eigenvalue weighted by molar-refractivity contribution is 6.86. The molecule has 0 saturated carbocycles. The Hall–Kier alpha value is -0.816. The molecule has 0 rings (SSSR count). The predicted molar refractivity (Wildman–Crippen MR) is 128 cm³/mol. The van der Waals surface area contributed by atoms with Crippen molar-refractivity contribution in [3.63, 3.8) is 0 Å². The summed E-state index contributed by atoms with van der Waals surface area (Å²) >= 11 is 0. The van der Waals surface area contributed by atoms with Crippen molar-refractivity contribution in [2.24, 2.45) is 0 Å². The molecule has 0 aromatic carbocycles. The number of rotatable bonds is 14. The molecule has 0 aromatic heterocycles. The molecule has 0 N–H and O–H groups in total. The smallest absolute Gasteiger partial charge is 0.434 e. The van der Waals surface area contributed by atoms with Gasteiger partial charge in [-0.15, -0.1) is 0 Å². The first kappa shape index (κ1) is 27.2. The van der Waals surface area contributed by atoms with Gasteiger partial charge in [-0.25, -0.2) is 4.79 Å². The van der Waals surface area contributed by atoms with Crippen molar-refractivity contribution in [2.45, 2.75) is 104 Å². The van der Waals surface area contributed by atoms with E-state index in [9.17, 15) is 4.79 Å². The summed E-state index contributed by atoms with van der Waals surface area (Å²) in [5.74, 6) is 0. The molecule has 0 atom stereocenters. The van der Waals surface area contributed by atoms with E-state index < -0.39 is 22.3 Å². The highest BCUT2D eigenvalue weighted by Gasteiger charge is 2.29. The first-order valence-electron chi connectivity index (χ1n) is 11.4. The Morgan fingerprint density at radius 2 is 0.929 bits per heavy atom. The molecule has 0 aliphatic heterocycles. The van der Waals surface area contributed by atoms with Crippen LogP contribution < -0.4 is 0 Å². The van der Waals surface area contributed by atoms with Crippen LogP contribution in [0.5, 0.6) is 0 Å². The van der Waals surface area contributed by atoms with Gasteiger partial charge in [0.05, 0.1) is 29.4 Å². The lowest BCUT2D eigenvalue weighted by Gasteiger charge is -2.29. The molecule has 0 aliphatic rings. The van der Waals surface area contributed by atoms with Crippen LogP contribution in [0, 0.1) is 0 Å². The second-order valence-electron chi connectivity index (χ2n) is 7.98. The van der Waals surface area contributed by atoms with Crippen LogP contribution in [-0.2, 0) is 9.47 Å². The van der Waals surface area contributed by atoms with Gasteiger partial charge in [0.25, 0.3) is 0 Å². The minimum Gasteiger partial charge on any atom is -0.434 e. The molecule has 0 bridgehead atoms. The topological polar surface area (TPSA) is 35.5 Å². The molecule has 0 unspecified atom stereocenters. The van der Waals surface area contributed by atoms with Gasteiger partial charge in [0.2, 0.25) is 0 Å². The molecule has 0 aliphatic carbocycles. The maximum Gasteiger partial charge on any atom is 0.508 e. The molecule has 0 saturated heterocycles. The second-order valence-corrected chi connectivity index (χ2v) is 18.9. The van der Waals surface area contributed by atoms with Crippen LogP contribution in [-0.4, -0.2) is 35.5 Å². The Morgan fingerprint density at radius 1 is 0.643 bits per heavy atom. The Labute approximate surface area is 177 Å². The van der Waals surface area contributed by atoms with Crippen molar-refractivity contribution in [1.82, 2.24) is 0 Å². The van der Waals surface area contributed by atoms with Crippen LogP contribution in [0.25, 0.3) is 0 Å². The lowest BCUT2D eigenvalue weighted by Crippen LogP contribution is -2.33. The number of hydrogen-bond donors (Lipinski definition) is 0. The van der Waals surface area contributed by atoms with Crippen molar-refractivity contribution in [2.75, 3.05) is 13.2 Å². The van der Waals surface area contributed by atoms with E-state index in [2.05, 4.69) is 67.5 Å². The first-order chi connectivity index (χ1) is 13.3. The summed E-state index contributed by atoms with van der Waals surface area (Å²) in [6.45, 7) is 19.2. The fourth-order valence-corrected chi connectivity index (χ4v) is 12.0. The minimum atomic E-state index is -1.27. The summed E-state index contributed by atoms with van der Waals surface area (Å²) in [5, 5.41) is 3.10. The van der Waals surface area contributed by atoms with Crippen molar-refractivity contribution in [3.8, 4) is 0 Å². The van der Waals surface area contributed by atoms with E-state index in [1.807, 2.05) is 0 Å². The fourth-order valence-electron chi connectivity index (χ4n) is 4.48. The van der Waals surface area contributed by atoms with Crippen LogP contribution in [0.3, 0.4) is 0 Å². The molecule has 28 heavy (non-hydrogen) atoms. The van der Waals surface area contributed by atoms with Crippen molar-refractivity contribution in [3.05, 3.63) is 22.5 Å². The summed E-state index contributed by atoms with van der Waals surface area (Å²) in [6.07, 6.45) is 5.60. The summed E-state index contributed by atoms with van der Waals surface area (Å²) in [4.78, 5) is 11.8. The summed E-state index contributed by atoms with van der Waals surface area (Å²) in [5.41, 5.74) is 0. The SMILES string of the molecule is CC[Si](CC)(CC)/C(C)=C/CCOC(=O)OCC/C=C(\C)[Si](CC)(CC)CC. The normalized spacial score (nSPS) is 13.6. The third kappa shape index (κ3) is 7.90. The molecule has 164 valence electrons. The van der Waals surface area contributed by atoms with Gasteiger partial charge in [0, 0.05) is 0 Å². The number of ether oxygens (including phenoxy) is 2. The lowest BCUT2D eigenvalue weighted by molar-refractivity contribution is 0.0577. The molecule has 0 aromatic rings. The fraction of sp³-hybridized carbons (Fsp3) is 0.783. The van der Waals surface area contributed by atoms with Gasteiger partial charge in [0.1, 0.15) is 0 Å². The van der Waals surface area contributed by atoms with E-state index in [0.29, 0.717) is 13.2 Å². The van der Waals surface area contributed by atoms with Gasteiger partial charge in [-0.2, -0.15) is 0 Å². The number of carbonyl (C=O) groups excluding carboxylic acids is 1. The van der Waals surface area contributed by atoms with E-state index in [-0.39, 0.29) is 0 Å². The number of hydrogen-bond acceptors (Lipinski definition) is 3. The Morgan fingerprint density at radius 3 is 1.18 bits per heavy atom. The zero-order valence-electron chi connectivity index (χ0n) is 20.0. The lowest BCUT2D eigenvalue weighted by atomic mass is 10.4. The average molecular weight is 427 g/mol. The standard InChI is InChI=1S/C23H46O3Si2/c1-9-27(10-2,11-3)21(7)17-15-19-25-23(24)26-20-16-18-22(8)28(12-4,13-5)14-6/h17-18H,9-16,19-20H2,1-8H3/b21-17+,22-18+. The second kappa shape index (κ2) is 14.2. The summed E-state index contributed by atoms with van der Waals surface area (Å²) < 4.78 is 10.5. The Kier molecular flexibility index (Phi) is 13.8. The molecular formula is C23H46O3Si2. The molecule has 0 spiro atoms. The molecule has 0 fully saturated rings. The van der Waals surface area contributed by atoms with E-state index in [4.69, 9.17) is 9.47 Å². The van der Waals surface area contributed by atoms with Gasteiger partial charge in [0.15, 0.2) is 0 Å². The number of carbonyl (C=O) groups is 1. The van der Waals surface area contributed by atoms with Gasteiger partial charge < -0.3 is 9.47 Å². The predicted octanol–water partition coefficient (Wildman–Crippen LogP) is 7.91. The third-order valence-electron chi connectivity index (χ3n) is 7.31. The van der Waals surface area contributed by atoms with Gasteiger partial charge in [-0.1, -0.05) is 100 Å². The highest BCUT2D eigenvalue weighted by Crippen LogP contribution is 2.29. The van der Waals surface area contributed by atoms with Crippen LogP contribution in [0.1, 0.15) is 68.2 Å². The zero-order chi connectivity index (χ0) is 21.6. The van der Waals surface area contributed by atoms with Crippen molar-refractivity contribution in [1.29, 1.82) is 0 Å². The van der Waals surface area contributed by atoms with Gasteiger partial charge >= 0.3 is 6.16 Å². The molecule has 0 radical (unpaired) electrons. The zero-order valence-corrected chi connectivity index (χ0v) is 22.0. The van der Waals surface area contributed by atoms with Crippen LogP contribution in [0.4, 0.5) is 4.79 Å². The average Bonchev–Trinajstić information content (AvgIpc) is 2.72. The van der Waals surface area contributed by atoms with Gasteiger partial charge in [-0.3, -0.25) is 0 Å². The van der Waals surface area contributed by atoms with Crippen molar-refractivity contribution < 1.29 is 14.3 Å². The monoisotopic (exact) mass is 426 g/mol.